The van der Waals surface area contributed by atoms with Crippen molar-refractivity contribution in [2.24, 2.45) is 5.92 Å². The number of nitrogens with zero attached hydrogens (tertiary/aromatic N) is 1. The molecule has 0 spiro atoms. The molecule has 2 N–H and O–H groups in total. The summed E-state index contributed by atoms with van der Waals surface area (Å²) in [5.41, 5.74) is 0.0871. The van der Waals surface area contributed by atoms with E-state index in [4.69, 9.17) is 5.26 Å². The Kier molecular flexibility index (Phi) is 4.84. The van der Waals surface area contributed by atoms with Gasteiger partial charge in [-0.25, -0.2) is 13.1 Å². The van der Waals surface area contributed by atoms with Crippen LogP contribution < -0.4 is 4.72 Å². The highest BCUT2D eigenvalue weighted by Crippen LogP contribution is 2.14. The lowest BCUT2D eigenvalue weighted by Crippen LogP contribution is -2.35. The van der Waals surface area contributed by atoms with Gasteiger partial charge in [0.15, 0.2) is 0 Å². The van der Waals surface area contributed by atoms with Gasteiger partial charge in [0.25, 0.3) is 0 Å². The molecule has 0 heterocycles. The first-order valence-corrected chi connectivity index (χ1v) is 7.03. The summed E-state index contributed by atoms with van der Waals surface area (Å²) in [4.78, 5) is -0.0662. The fourth-order valence-corrected chi connectivity index (χ4v) is 2.51. The lowest BCUT2D eigenvalue weighted by molar-refractivity contribution is 0.129. The van der Waals surface area contributed by atoms with Gasteiger partial charge in [-0.3, -0.25) is 0 Å². The Morgan fingerprint density at radius 2 is 2.00 bits per heavy atom. The van der Waals surface area contributed by atoms with Crippen LogP contribution in [0.25, 0.3) is 0 Å². The minimum atomic E-state index is -3.76. The van der Waals surface area contributed by atoms with E-state index in [-0.39, 0.29) is 22.9 Å². The van der Waals surface area contributed by atoms with Crippen LogP contribution in [0.3, 0.4) is 0 Å². The van der Waals surface area contributed by atoms with Crippen molar-refractivity contribution in [3.05, 3.63) is 29.8 Å². The SMILES string of the molecule is CC(C)C(O)CNS(=O)(=O)c1ccccc1C#N. The number of nitrogens with one attached hydrogen (secondary N) is 1. The van der Waals surface area contributed by atoms with E-state index in [9.17, 15) is 13.5 Å². The van der Waals surface area contributed by atoms with Crippen molar-refractivity contribution in [1.29, 1.82) is 5.26 Å². The zero-order valence-corrected chi connectivity index (χ0v) is 11.1. The standard InChI is InChI=1S/C12H16N2O3S/c1-9(2)11(15)8-14-18(16,17)12-6-4-3-5-10(12)7-13/h3-6,9,11,14-15H,8H2,1-2H3. The average molecular weight is 268 g/mol. The van der Waals surface area contributed by atoms with Crippen LogP contribution >= 0.6 is 0 Å². The van der Waals surface area contributed by atoms with Crippen molar-refractivity contribution in [2.75, 3.05) is 6.54 Å². The monoisotopic (exact) mass is 268 g/mol. The molecule has 1 unspecified atom stereocenters. The van der Waals surface area contributed by atoms with Crippen LogP contribution in [0.4, 0.5) is 0 Å². The molecular weight excluding hydrogens is 252 g/mol. The summed E-state index contributed by atoms with van der Waals surface area (Å²) in [6, 6.07) is 7.78. The van der Waals surface area contributed by atoms with Crippen LogP contribution in [-0.4, -0.2) is 26.2 Å². The Morgan fingerprint density at radius 3 is 2.56 bits per heavy atom. The van der Waals surface area contributed by atoms with E-state index in [0.29, 0.717) is 0 Å². The summed E-state index contributed by atoms with van der Waals surface area (Å²) in [6.45, 7) is 3.52. The highest BCUT2D eigenvalue weighted by atomic mass is 32.2. The van der Waals surface area contributed by atoms with Gasteiger partial charge >= 0.3 is 0 Å². The van der Waals surface area contributed by atoms with Gasteiger partial charge in [0.2, 0.25) is 10.0 Å². The Labute approximate surface area is 107 Å². The molecule has 0 saturated heterocycles. The molecular formula is C12H16N2O3S. The van der Waals surface area contributed by atoms with Crippen LogP contribution in [0, 0.1) is 17.2 Å². The number of hydrogen-bond acceptors (Lipinski definition) is 4. The largest absolute Gasteiger partial charge is 0.391 e. The fraction of sp³-hybridized carbons (Fsp3) is 0.417. The number of hydrogen-bond donors (Lipinski definition) is 2. The van der Waals surface area contributed by atoms with Gasteiger partial charge in [0.1, 0.15) is 6.07 Å². The van der Waals surface area contributed by atoms with Gasteiger partial charge in [-0.2, -0.15) is 5.26 Å². The summed E-state index contributed by atoms with van der Waals surface area (Å²) < 4.78 is 26.2. The van der Waals surface area contributed by atoms with Crippen LogP contribution in [0.15, 0.2) is 29.2 Å². The lowest BCUT2D eigenvalue weighted by Gasteiger charge is -2.15. The lowest BCUT2D eigenvalue weighted by atomic mass is 10.1. The molecule has 1 aromatic rings. The third kappa shape index (κ3) is 3.53. The molecule has 0 aromatic heterocycles. The van der Waals surface area contributed by atoms with E-state index in [1.54, 1.807) is 26.0 Å². The third-order valence-corrected chi connectivity index (χ3v) is 4.03. The molecule has 0 radical (unpaired) electrons. The number of nitriles is 1. The first-order chi connectivity index (χ1) is 8.38. The van der Waals surface area contributed by atoms with Crippen molar-refractivity contribution in [3.8, 4) is 6.07 Å². The first-order valence-electron chi connectivity index (χ1n) is 5.55. The maximum Gasteiger partial charge on any atom is 0.241 e. The molecule has 0 fully saturated rings. The van der Waals surface area contributed by atoms with Crippen LogP contribution in [0.2, 0.25) is 0 Å². The summed E-state index contributed by atoms with van der Waals surface area (Å²) in [7, 11) is -3.76. The van der Waals surface area contributed by atoms with Gasteiger partial charge < -0.3 is 5.11 Å². The molecule has 1 rings (SSSR count). The molecule has 0 bridgehead atoms. The number of aliphatic hydroxyl groups is 1. The quantitative estimate of drug-likeness (QED) is 0.828. The van der Waals surface area contributed by atoms with E-state index in [0.717, 1.165) is 0 Å². The number of benzene rings is 1. The average Bonchev–Trinajstić information content (AvgIpc) is 2.35. The van der Waals surface area contributed by atoms with Crippen LogP contribution in [-0.2, 0) is 10.0 Å². The molecule has 18 heavy (non-hydrogen) atoms. The van der Waals surface area contributed by atoms with Gasteiger partial charge in [-0.05, 0) is 18.1 Å². The summed E-state index contributed by atoms with van der Waals surface area (Å²) >= 11 is 0. The molecule has 0 saturated carbocycles. The molecule has 6 heteroatoms. The van der Waals surface area contributed by atoms with E-state index >= 15 is 0 Å². The molecule has 1 aromatic carbocycles. The predicted octanol–water partition coefficient (Wildman–Crippen LogP) is 0.853. The Hall–Kier alpha value is -1.42. The van der Waals surface area contributed by atoms with Crippen molar-refractivity contribution in [1.82, 2.24) is 4.72 Å². The maximum atomic E-state index is 12.0. The third-order valence-electron chi connectivity index (χ3n) is 2.55. The summed E-state index contributed by atoms with van der Waals surface area (Å²) in [6.07, 6.45) is -0.756. The van der Waals surface area contributed by atoms with Crippen LogP contribution in [0.5, 0.6) is 0 Å². The van der Waals surface area contributed by atoms with Crippen molar-refractivity contribution in [3.63, 3.8) is 0 Å². The highest BCUT2D eigenvalue weighted by Gasteiger charge is 2.20. The highest BCUT2D eigenvalue weighted by molar-refractivity contribution is 7.89. The Balaban J connectivity index is 2.91. The van der Waals surface area contributed by atoms with Crippen molar-refractivity contribution < 1.29 is 13.5 Å². The van der Waals surface area contributed by atoms with Gasteiger partial charge in [0, 0.05) is 6.54 Å². The summed E-state index contributed by atoms with van der Waals surface area (Å²) in [5.74, 6) is -0.0427. The first kappa shape index (κ1) is 14.6. The molecule has 0 aliphatic carbocycles. The van der Waals surface area contributed by atoms with Crippen molar-refractivity contribution >= 4 is 10.0 Å². The number of sulfonamides is 1. The second-order valence-electron chi connectivity index (χ2n) is 4.27. The van der Waals surface area contributed by atoms with E-state index < -0.39 is 16.1 Å². The second kappa shape index (κ2) is 5.96. The molecule has 98 valence electrons. The fourth-order valence-electron chi connectivity index (χ4n) is 1.30. The van der Waals surface area contributed by atoms with Gasteiger partial charge in [-0.1, -0.05) is 26.0 Å². The van der Waals surface area contributed by atoms with Crippen molar-refractivity contribution in [2.45, 2.75) is 24.8 Å². The number of aliphatic hydroxyl groups excluding tert-OH is 1. The minimum Gasteiger partial charge on any atom is -0.391 e. The Morgan fingerprint density at radius 1 is 1.39 bits per heavy atom. The smallest absolute Gasteiger partial charge is 0.241 e. The van der Waals surface area contributed by atoms with Gasteiger partial charge in [-0.15, -0.1) is 0 Å². The summed E-state index contributed by atoms with van der Waals surface area (Å²) in [5, 5.41) is 18.4. The molecule has 0 aliphatic rings. The number of rotatable bonds is 5. The minimum absolute atomic E-state index is 0.0427. The topological polar surface area (TPSA) is 90.2 Å². The molecule has 1 atom stereocenters. The van der Waals surface area contributed by atoms with Crippen LogP contribution in [0.1, 0.15) is 19.4 Å². The second-order valence-corrected chi connectivity index (χ2v) is 6.01. The predicted molar refractivity (Wildman–Crippen MR) is 67.2 cm³/mol. The molecule has 5 nitrogen and oxygen atoms in total. The zero-order chi connectivity index (χ0) is 13.8. The molecule has 0 aliphatic heterocycles. The Bertz CT molecular complexity index is 547. The zero-order valence-electron chi connectivity index (χ0n) is 10.3. The maximum absolute atomic E-state index is 12.0. The normalized spacial score (nSPS) is 13.3. The van der Waals surface area contributed by atoms with E-state index in [2.05, 4.69) is 4.72 Å². The molecule has 0 amide bonds. The van der Waals surface area contributed by atoms with E-state index in [1.165, 1.54) is 12.1 Å². The van der Waals surface area contributed by atoms with Gasteiger partial charge in [0.05, 0.1) is 16.6 Å². The van der Waals surface area contributed by atoms with E-state index in [1.807, 2.05) is 6.07 Å².